The van der Waals surface area contributed by atoms with Crippen molar-refractivity contribution in [2.45, 2.75) is 76.2 Å². The lowest BCUT2D eigenvalue weighted by molar-refractivity contribution is -0.122. The number of nitrogens with one attached hydrogen (secondary N) is 2. The Hall–Kier alpha value is -1.63. The molecule has 2 N–H and O–H groups in total. The van der Waals surface area contributed by atoms with Gasteiger partial charge in [0.25, 0.3) is 0 Å². The highest BCUT2D eigenvalue weighted by Gasteiger charge is 2.29. The predicted molar refractivity (Wildman–Crippen MR) is 111 cm³/mol. The number of likely N-dealkylation sites (tertiary alicyclic amines) is 1. The Morgan fingerprint density at radius 2 is 1.82 bits per heavy atom. The average Bonchev–Trinajstić information content (AvgIpc) is 3.48. The van der Waals surface area contributed by atoms with Crippen molar-refractivity contribution in [3.8, 4) is 0 Å². The van der Waals surface area contributed by atoms with Crippen LogP contribution in [0.3, 0.4) is 0 Å². The summed E-state index contributed by atoms with van der Waals surface area (Å²) in [4.78, 5) is 31.0. The fourth-order valence-corrected chi connectivity index (χ4v) is 5.30. The van der Waals surface area contributed by atoms with Crippen molar-refractivity contribution < 1.29 is 9.59 Å². The molecule has 28 heavy (non-hydrogen) atoms. The van der Waals surface area contributed by atoms with E-state index in [0.717, 1.165) is 63.7 Å². The van der Waals surface area contributed by atoms with Gasteiger partial charge in [-0.2, -0.15) is 0 Å². The number of rotatable bonds is 6. The second kappa shape index (κ2) is 9.25. The van der Waals surface area contributed by atoms with Gasteiger partial charge < -0.3 is 15.5 Å². The molecule has 4 rings (SSSR count). The molecule has 7 heteroatoms. The quantitative estimate of drug-likeness (QED) is 0.763. The molecular weight excluding hydrogens is 372 g/mol. The first-order chi connectivity index (χ1) is 13.7. The van der Waals surface area contributed by atoms with Crippen LogP contribution in [0.4, 0.5) is 4.79 Å². The monoisotopic (exact) mass is 404 g/mol. The number of carbonyl (C=O) groups is 2. The van der Waals surface area contributed by atoms with Crippen LogP contribution < -0.4 is 10.6 Å². The number of thiazole rings is 1. The molecule has 2 saturated carbocycles. The van der Waals surface area contributed by atoms with Crippen molar-refractivity contribution in [1.29, 1.82) is 0 Å². The topological polar surface area (TPSA) is 74.3 Å². The second-order valence-corrected chi connectivity index (χ2v) is 9.43. The highest BCUT2D eigenvalue weighted by atomic mass is 32.1. The third-order valence-electron chi connectivity index (χ3n) is 6.26. The number of nitrogens with zero attached hydrogens (tertiary/aromatic N) is 2. The third kappa shape index (κ3) is 5.25. The zero-order valence-electron chi connectivity index (χ0n) is 16.6. The molecule has 2 heterocycles. The van der Waals surface area contributed by atoms with E-state index in [9.17, 15) is 9.59 Å². The van der Waals surface area contributed by atoms with Crippen LogP contribution in [0.1, 0.15) is 74.4 Å². The minimum Gasteiger partial charge on any atom is -0.355 e. The molecule has 2 aliphatic carbocycles. The Morgan fingerprint density at radius 1 is 1.07 bits per heavy atom. The molecule has 1 aromatic rings. The van der Waals surface area contributed by atoms with E-state index in [1.165, 1.54) is 24.3 Å². The average molecular weight is 405 g/mol. The van der Waals surface area contributed by atoms with E-state index in [0.29, 0.717) is 18.5 Å². The van der Waals surface area contributed by atoms with Gasteiger partial charge in [-0.05, 0) is 38.5 Å². The molecule has 0 spiro atoms. The Bertz CT molecular complexity index is 674. The number of hydrogen-bond donors (Lipinski definition) is 2. The van der Waals surface area contributed by atoms with Crippen molar-refractivity contribution in [2.75, 3.05) is 19.6 Å². The summed E-state index contributed by atoms with van der Waals surface area (Å²) in [5.74, 6) is 0.930. The van der Waals surface area contributed by atoms with Crippen LogP contribution in [-0.2, 0) is 11.2 Å². The SMILES string of the molecule is O=C(NCCc1csc(C2CCN(C(=O)NC3CCCCC3)CC2)n1)C1CC1. The lowest BCUT2D eigenvalue weighted by Gasteiger charge is -2.33. The Balaban J connectivity index is 1.18. The lowest BCUT2D eigenvalue weighted by atomic mass is 9.95. The summed E-state index contributed by atoms with van der Waals surface area (Å²) in [6.45, 7) is 2.31. The maximum atomic E-state index is 12.5. The molecule has 6 nitrogen and oxygen atoms in total. The normalized spacial score (nSPS) is 21.5. The number of piperidine rings is 1. The minimum atomic E-state index is 0.122. The summed E-state index contributed by atoms with van der Waals surface area (Å²) in [6, 6.07) is 0.498. The van der Waals surface area contributed by atoms with Gasteiger partial charge in [-0.1, -0.05) is 19.3 Å². The molecule has 3 aliphatic rings. The number of amides is 3. The summed E-state index contributed by atoms with van der Waals surface area (Å²) in [5, 5.41) is 9.56. The smallest absolute Gasteiger partial charge is 0.317 e. The van der Waals surface area contributed by atoms with E-state index in [-0.39, 0.29) is 17.9 Å². The molecule has 0 unspecified atom stereocenters. The number of urea groups is 1. The van der Waals surface area contributed by atoms with E-state index in [2.05, 4.69) is 16.0 Å². The molecule has 1 aliphatic heterocycles. The number of aromatic nitrogens is 1. The van der Waals surface area contributed by atoms with Gasteiger partial charge in [0.05, 0.1) is 10.7 Å². The molecule has 154 valence electrons. The van der Waals surface area contributed by atoms with Crippen molar-refractivity contribution in [2.24, 2.45) is 5.92 Å². The lowest BCUT2D eigenvalue weighted by Crippen LogP contribution is -2.48. The van der Waals surface area contributed by atoms with Crippen molar-refractivity contribution >= 4 is 23.3 Å². The van der Waals surface area contributed by atoms with Crippen molar-refractivity contribution in [1.82, 2.24) is 20.5 Å². The summed E-state index contributed by atoms with van der Waals surface area (Å²) < 4.78 is 0. The van der Waals surface area contributed by atoms with Gasteiger partial charge in [0.2, 0.25) is 5.91 Å². The molecule has 0 aromatic carbocycles. The van der Waals surface area contributed by atoms with Gasteiger partial charge in [0.1, 0.15) is 0 Å². The molecule has 1 aromatic heterocycles. The van der Waals surface area contributed by atoms with Crippen LogP contribution in [0.2, 0.25) is 0 Å². The summed E-state index contributed by atoms with van der Waals surface area (Å²) in [5.41, 5.74) is 1.08. The largest absolute Gasteiger partial charge is 0.355 e. The van der Waals surface area contributed by atoms with E-state index >= 15 is 0 Å². The molecule has 0 bridgehead atoms. The van der Waals surface area contributed by atoms with E-state index in [4.69, 9.17) is 4.98 Å². The Kier molecular flexibility index (Phi) is 6.50. The highest BCUT2D eigenvalue weighted by molar-refractivity contribution is 7.09. The summed E-state index contributed by atoms with van der Waals surface area (Å²) in [7, 11) is 0. The van der Waals surface area contributed by atoms with Gasteiger partial charge >= 0.3 is 6.03 Å². The Morgan fingerprint density at radius 3 is 2.54 bits per heavy atom. The highest BCUT2D eigenvalue weighted by Crippen LogP contribution is 2.31. The molecule has 0 radical (unpaired) electrons. The Labute approximate surface area is 171 Å². The van der Waals surface area contributed by atoms with Gasteiger partial charge in [-0.15, -0.1) is 11.3 Å². The molecular formula is C21H32N4O2S. The van der Waals surface area contributed by atoms with Crippen LogP contribution in [0, 0.1) is 5.92 Å². The molecule has 0 atom stereocenters. The van der Waals surface area contributed by atoms with Crippen molar-refractivity contribution in [3.05, 3.63) is 16.1 Å². The minimum absolute atomic E-state index is 0.122. The first kappa shape index (κ1) is 19.7. The van der Waals surface area contributed by atoms with E-state index in [1.54, 1.807) is 11.3 Å². The first-order valence-electron chi connectivity index (χ1n) is 11.0. The van der Waals surface area contributed by atoms with Crippen LogP contribution in [-0.4, -0.2) is 47.5 Å². The van der Waals surface area contributed by atoms with Crippen LogP contribution in [0.15, 0.2) is 5.38 Å². The molecule has 1 saturated heterocycles. The standard InChI is InChI=1S/C21H32N4O2S/c26-19(15-6-7-15)22-11-8-18-14-28-20(23-18)16-9-12-25(13-10-16)21(27)24-17-4-2-1-3-5-17/h14-17H,1-13H2,(H,22,26)(H,24,27). The van der Waals surface area contributed by atoms with Gasteiger partial charge in [-0.25, -0.2) is 9.78 Å². The van der Waals surface area contributed by atoms with Gasteiger partial charge in [-0.3, -0.25) is 4.79 Å². The van der Waals surface area contributed by atoms with Crippen LogP contribution in [0.25, 0.3) is 0 Å². The zero-order chi connectivity index (χ0) is 19.3. The fraction of sp³-hybridized carbons (Fsp3) is 0.762. The zero-order valence-corrected chi connectivity index (χ0v) is 17.4. The predicted octanol–water partition coefficient (Wildman–Crippen LogP) is 3.43. The van der Waals surface area contributed by atoms with E-state index < -0.39 is 0 Å². The summed E-state index contributed by atoms with van der Waals surface area (Å²) in [6.07, 6.45) is 10.9. The van der Waals surface area contributed by atoms with Gasteiger partial charge in [0.15, 0.2) is 0 Å². The fourth-order valence-electron chi connectivity index (χ4n) is 4.27. The van der Waals surface area contributed by atoms with Crippen LogP contribution in [0.5, 0.6) is 0 Å². The number of carbonyl (C=O) groups excluding carboxylic acids is 2. The van der Waals surface area contributed by atoms with Crippen LogP contribution >= 0.6 is 11.3 Å². The maximum absolute atomic E-state index is 12.5. The first-order valence-corrected chi connectivity index (χ1v) is 11.8. The van der Waals surface area contributed by atoms with Crippen molar-refractivity contribution in [3.63, 3.8) is 0 Å². The molecule has 3 amide bonds. The maximum Gasteiger partial charge on any atom is 0.317 e. The second-order valence-electron chi connectivity index (χ2n) is 8.54. The van der Waals surface area contributed by atoms with E-state index in [1.807, 2.05) is 4.90 Å². The molecule has 3 fully saturated rings. The summed E-state index contributed by atoms with van der Waals surface area (Å²) >= 11 is 1.73. The number of hydrogen-bond acceptors (Lipinski definition) is 4. The third-order valence-corrected chi connectivity index (χ3v) is 7.32. The van der Waals surface area contributed by atoms with Gasteiger partial charge in [0, 0.05) is 49.3 Å².